The molecule has 3 rings (SSSR count). The molecule has 0 unspecified atom stereocenters. The summed E-state index contributed by atoms with van der Waals surface area (Å²) in [6.45, 7) is 0. The van der Waals surface area contributed by atoms with Gasteiger partial charge in [0.25, 0.3) is 0 Å². The van der Waals surface area contributed by atoms with Crippen LogP contribution in [0, 0.1) is 5.82 Å². The van der Waals surface area contributed by atoms with Crippen LogP contribution in [0.5, 0.6) is 0 Å². The lowest BCUT2D eigenvalue weighted by Gasteiger charge is -2.01. The fourth-order valence-corrected chi connectivity index (χ4v) is 3.30. The van der Waals surface area contributed by atoms with Gasteiger partial charge in [-0.2, -0.15) is 0 Å². The van der Waals surface area contributed by atoms with Crippen molar-refractivity contribution in [1.29, 1.82) is 0 Å². The van der Waals surface area contributed by atoms with Gasteiger partial charge < -0.3 is 0 Å². The zero-order valence-corrected chi connectivity index (χ0v) is 12.5. The first-order valence-corrected chi connectivity index (χ1v) is 7.81. The molecule has 0 spiro atoms. The predicted octanol–water partition coefficient (Wildman–Crippen LogP) is 4.89. The minimum Gasteiger partial charge on any atom is -0.294 e. The molecular weight excluding hydrogens is 299 g/mol. The second-order valence-corrected chi connectivity index (χ2v) is 5.91. The third-order valence-corrected chi connectivity index (χ3v) is 4.49. The number of Topliss-reactive ketones (excluding diaryl/α,β-unsaturated/α-hetero) is 2. The summed E-state index contributed by atoms with van der Waals surface area (Å²) >= 11 is 1.53. The van der Waals surface area contributed by atoms with E-state index in [2.05, 4.69) is 0 Å². The van der Waals surface area contributed by atoms with Gasteiger partial charge in [-0.3, -0.25) is 9.59 Å². The third kappa shape index (κ3) is 2.97. The molecule has 110 valence electrons. The van der Waals surface area contributed by atoms with Crippen molar-refractivity contribution in [2.45, 2.75) is 12.8 Å². The number of hydrogen-bond acceptors (Lipinski definition) is 3. The van der Waals surface area contributed by atoms with Gasteiger partial charge in [0.05, 0.1) is 0 Å². The monoisotopic (exact) mass is 312 g/mol. The van der Waals surface area contributed by atoms with E-state index in [1.165, 1.54) is 35.6 Å². The molecule has 0 bridgehead atoms. The van der Waals surface area contributed by atoms with E-state index in [1.54, 1.807) is 0 Å². The Morgan fingerprint density at radius 3 is 2.36 bits per heavy atom. The van der Waals surface area contributed by atoms with Crippen LogP contribution in [0.15, 0.2) is 53.9 Å². The molecule has 0 aliphatic carbocycles. The van der Waals surface area contributed by atoms with Gasteiger partial charge in [-0.05, 0) is 30.3 Å². The molecule has 0 saturated carbocycles. The summed E-state index contributed by atoms with van der Waals surface area (Å²) in [5, 5.41) is 2.78. The zero-order valence-electron chi connectivity index (χ0n) is 11.7. The van der Waals surface area contributed by atoms with Gasteiger partial charge in [0.15, 0.2) is 11.6 Å². The summed E-state index contributed by atoms with van der Waals surface area (Å²) < 4.78 is 13.9. The highest BCUT2D eigenvalue weighted by Crippen LogP contribution is 2.27. The first kappa shape index (κ1) is 14.6. The fourth-order valence-electron chi connectivity index (χ4n) is 2.34. The molecule has 2 aromatic carbocycles. The van der Waals surface area contributed by atoms with Crippen molar-refractivity contribution in [3.8, 4) is 0 Å². The Morgan fingerprint density at radius 1 is 0.909 bits per heavy atom. The Hall–Kier alpha value is -2.33. The number of thiophene rings is 1. The largest absolute Gasteiger partial charge is 0.294 e. The molecule has 0 aliphatic rings. The van der Waals surface area contributed by atoms with Crippen molar-refractivity contribution < 1.29 is 14.0 Å². The maximum absolute atomic E-state index is 12.8. The molecule has 2 nitrogen and oxygen atoms in total. The highest BCUT2D eigenvalue weighted by atomic mass is 32.1. The molecular formula is C18H13FO2S. The summed E-state index contributed by atoms with van der Waals surface area (Å²) in [5.74, 6) is -0.557. The molecule has 1 aromatic heterocycles. The normalized spacial score (nSPS) is 10.8. The standard InChI is InChI=1S/C18H13FO2S/c19-13-7-5-12(6-8-13)16(20)9-10-17(21)15-11-22-18-4-2-1-3-14(15)18/h1-8,11H,9-10H2. The van der Waals surface area contributed by atoms with Crippen LogP contribution in [0.25, 0.3) is 10.1 Å². The quantitative estimate of drug-likeness (QED) is 0.629. The van der Waals surface area contributed by atoms with Gasteiger partial charge in [-0.1, -0.05) is 18.2 Å². The molecule has 1 heterocycles. The molecule has 0 aliphatic heterocycles. The maximum Gasteiger partial charge on any atom is 0.164 e. The molecule has 0 amide bonds. The number of benzene rings is 2. The molecule has 0 radical (unpaired) electrons. The number of fused-ring (bicyclic) bond motifs is 1. The predicted molar refractivity (Wildman–Crippen MR) is 86.1 cm³/mol. The average Bonchev–Trinajstić information content (AvgIpc) is 2.97. The molecule has 0 N–H and O–H groups in total. The molecule has 3 aromatic rings. The maximum atomic E-state index is 12.8. The fraction of sp³-hybridized carbons (Fsp3) is 0.111. The minimum atomic E-state index is -0.377. The summed E-state index contributed by atoms with van der Waals surface area (Å²) in [4.78, 5) is 24.3. The van der Waals surface area contributed by atoms with Crippen molar-refractivity contribution in [2.24, 2.45) is 0 Å². The van der Waals surface area contributed by atoms with Gasteiger partial charge in [-0.25, -0.2) is 4.39 Å². The first-order chi connectivity index (χ1) is 10.6. The Balaban J connectivity index is 1.70. The summed E-state index contributed by atoms with van der Waals surface area (Å²) in [5.41, 5.74) is 1.11. The number of ketones is 2. The van der Waals surface area contributed by atoms with Crippen LogP contribution in [0.2, 0.25) is 0 Å². The topological polar surface area (TPSA) is 34.1 Å². The van der Waals surface area contributed by atoms with Crippen LogP contribution in [0.4, 0.5) is 4.39 Å². The first-order valence-electron chi connectivity index (χ1n) is 6.93. The van der Waals surface area contributed by atoms with Crippen LogP contribution in [0.3, 0.4) is 0 Å². The summed E-state index contributed by atoms with van der Waals surface area (Å²) in [6, 6.07) is 13.1. The van der Waals surface area contributed by atoms with Gasteiger partial charge in [0.2, 0.25) is 0 Å². The highest BCUT2D eigenvalue weighted by molar-refractivity contribution is 7.17. The van der Waals surface area contributed by atoms with E-state index in [0.29, 0.717) is 11.1 Å². The van der Waals surface area contributed by atoms with Crippen molar-refractivity contribution in [3.05, 3.63) is 70.9 Å². The van der Waals surface area contributed by atoms with E-state index in [9.17, 15) is 14.0 Å². The van der Waals surface area contributed by atoms with Crippen LogP contribution < -0.4 is 0 Å². The minimum absolute atomic E-state index is 0.0343. The van der Waals surface area contributed by atoms with Crippen molar-refractivity contribution in [3.63, 3.8) is 0 Å². The third-order valence-electron chi connectivity index (χ3n) is 3.53. The number of carbonyl (C=O) groups excluding carboxylic acids is 2. The number of rotatable bonds is 5. The Kier molecular flexibility index (Phi) is 4.11. The van der Waals surface area contributed by atoms with E-state index >= 15 is 0 Å². The molecule has 0 atom stereocenters. The van der Waals surface area contributed by atoms with Crippen LogP contribution in [0.1, 0.15) is 33.6 Å². The highest BCUT2D eigenvalue weighted by Gasteiger charge is 2.14. The summed E-state index contributed by atoms with van der Waals surface area (Å²) in [7, 11) is 0. The average molecular weight is 312 g/mol. The van der Waals surface area contributed by atoms with Gasteiger partial charge in [-0.15, -0.1) is 11.3 Å². The van der Waals surface area contributed by atoms with Crippen molar-refractivity contribution in [1.82, 2.24) is 0 Å². The van der Waals surface area contributed by atoms with E-state index in [4.69, 9.17) is 0 Å². The summed E-state index contributed by atoms with van der Waals surface area (Å²) in [6.07, 6.45) is 0.297. The van der Waals surface area contributed by atoms with Crippen LogP contribution >= 0.6 is 11.3 Å². The van der Waals surface area contributed by atoms with Crippen LogP contribution in [-0.2, 0) is 0 Å². The lowest BCUT2D eigenvalue weighted by Crippen LogP contribution is -2.05. The Morgan fingerprint density at radius 2 is 1.59 bits per heavy atom. The van der Waals surface area contributed by atoms with E-state index in [-0.39, 0.29) is 30.2 Å². The van der Waals surface area contributed by atoms with Gasteiger partial charge >= 0.3 is 0 Å². The SMILES string of the molecule is O=C(CCC(=O)c1csc2ccccc12)c1ccc(F)cc1. The Bertz CT molecular complexity index is 834. The van der Waals surface area contributed by atoms with Gasteiger partial charge in [0.1, 0.15) is 5.82 Å². The smallest absolute Gasteiger partial charge is 0.164 e. The van der Waals surface area contributed by atoms with Crippen LogP contribution in [-0.4, -0.2) is 11.6 Å². The number of halogens is 1. The zero-order chi connectivity index (χ0) is 15.5. The lowest BCUT2D eigenvalue weighted by molar-refractivity contribution is 0.0918. The Labute approximate surface area is 131 Å². The second kappa shape index (κ2) is 6.20. The molecule has 0 saturated heterocycles. The van der Waals surface area contributed by atoms with Crippen molar-refractivity contribution in [2.75, 3.05) is 0 Å². The molecule has 0 fully saturated rings. The van der Waals surface area contributed by atoms with E-state index in [1.807, 2.05) is 29.6 Å². The van der Waals surface area contributed by atoms with E-state index in [0.717, 1.165) is 10.1 Å². The second-order valence-electron chi connectivity index (χ2n) is 5.00. The number of hydrogen-bond donors (Lipinski definition) is 0. The van der Waals surface area contributed by atoms with Gasteiger partial charge in [0, 0.05) is 39.4 Å². The van der Waals surface area contributed by atoms with Crippen molar-refractivity contribution >= 4 is 33.0 Å². The number of carbonyl (C=O) groups is 2. The molecule has 22 heavy (non-hydrogen) atoms. The lowest BCUT2D eigenvalue weighted by atomic mass is 10.0. The van der Waals surface area contributed by atoms with E-state index < -0.39 is 0 Å². The molecule has 4 heteroatoms.